The van der Waals surface area contributed by atoms with E-state index in [4.69, 9.17) is 4.74 Å². The van der Waals surface area contributed by atoms with Gasteiger partial charge in [-0.05, 0) is 54.4 Å². The van der Waals surface area contributed by atoms with E-state index in [1.165, 1.54) is 19.4 Å². The Morgan fingerprint density at radius 1 is 1.32 bits per heavy atom. The molecular weight excluding hydrogens is 386 g/mol. The van der Waals surface area contributed by atoms with Crippen molar-refractivity contribution in [2.75, 3.05) is 12.4 Å². The number of anilines is 1. The number of carbonyl (C=O) groups is 1. The zero-order chi connectivity index (χ0) is 18.2. The molecule has 25 heavy (non-hydrogen) atoms. The molecule has 0 saturated carbocycles. The van der Waals surface area contributed by atoms with Gasteiger partial charge in [0, 0.05) is 10.2 Å². The number of methoxy groups -OCH3 is 1. The van der Waals surface area contributed by atoms with Gasteiger partial charge < -0.3 is 15.2 Å². The molecule has 132 valence electrons. The van der Waals surface area contributed by atoms with Crippen molar-refractivity contribution in [1.29, 1.82) is 0 Å². The Kier molecular flexibility index (Phi) is 6.82. The van der Waals surface area contributed by atoms with E-state index in [-0.39, 0.29) is 11.7 Å². The highest BCUT2D eigenvalue weighted by Crippen LogP contribution is 2.25. The van der Waals surface area contributed by atoms with Gasteiger partial charge in [-0.15, -0.1) is 0 Å². The molecule has 0 aromatic heterocycles. The van der Waals surface area contributed by atoms with Crippen LogP contribution < -0.4 is 15.5 Å². The van der Waals surface area contributed by atoms with E-state index in [0.717, 1.165) is 10.2 Å². The Morgan fingerprint density at radius 3 is 2.68 bits per heavy atom. The van der Waals surface area contributed by atoms with Gasteiger partial charge in [-0.25, -0.2) is 5.43 Å². The smallest absolute Gasteiger partial charge is 0.262 e. The number of carbonyl (C=O) groups excluding carboxylic acids is 1. The maximum absolute atomic E-state index is 12.3. The lowest BCUT2D eigenvalue weighted by Gasteiger charge is -2.16. The Balaban J connectivity index is 1.96. The number of hydrogen-bond acceptors (Lipinski definition) is 5. The summed E-state index contributed by atoms with van der Waals surface area (Å²) in [5.41, 5.74) is 4.08. The number of nitrogens with one attached hydrogen (secondary N) is 2. The van der Waals surface area contributed by atoms with E-state index in [9.17, 15) is 9.90 Å². The summed E-state index contributed by atoms with van der Waals surface area (Å²) in [7, 11) is 1.47. The molecule has 2 aromatic carbocycles. The van der Waals surface area contributed by atoms with Crippen LogP contribution in [0, 0.1) is 0 Å². The highest BCUT2D eigenvalue weighted by molar-refractivity contribution is 9.10. The van der Waals surface area contributed by atoms with E-state index in [1.807, 2.05) is 31.2 Å². The monoisotopic (exact) mass is 405 g/mol. The van der Waals surface area contributed by atoms with Crippen molar-refractivity contribution in [3.05, 3.63) is 52.5 Å². The molecule has 0 aliphatic rings. The minimum absolute atomic E-state index is 0.0495. The zero-order valence-corrected chi connectivity index (χ0v) is 15.6. The maximum atomic E-state index is 12.3. The number of hydrazone groups is 1. The number of hydrogen-bond donors (Lipinski definition) is 3. The first-order valence-corrected chi connectivity index (χ1v) is 8.54. The third-order valence-corrected chi connectivity index (χ3v) is 4.03. The maximum Gasteiger partial charge on any atom is 0.262 e. The van der Waals surface area contributed by atoms with Gasteiger partial charge in [0.2, 0.25) is 0 Å². The average molecular weight is 406 g/mol. The first kappa shape index (κ1) is 18.8. The minimum atomic E-state index is -0.396. The first-order valence-electron chi connectivity index (χ1n) is 7.75. The number of ether oxygens (including phenoxy) is 1. The van der Waals surface area contributed by atoms with Crippen LogP contribution in [0.25, 0.3) is 0 Å². The standard InChI is InChI=1S/C18H20BrN3O3/c1-3-15(21-14-7-5-13(19)6-8-14)18(24)22-20-11-12-4-9-16(23)17(10-12)25-2/h4-11,15,21,23H,3H2,1-2H3,(H,22,24)/b20-11+/t15-/m0/s1. The molecule has 0 unspecified atom stereocenters. The van der Waals surface area contributed by atoms with Gasteiger partial charge in [0.15, 0.2) is 11.5 Å². The summed E-state index contributed by atoms with van der Waals surface area (Å²) in [4.78, 5) is 12.3. The van der Waals surface area contributed by atoms with Crippen LogP contribution in [0.1, 0.15) is 18.9 Å². The van der Waals surface area contributed by atoms with Crippen LogP contribution >= 0.6 is 15.9 Å². The third kappa shape index (κ3) is 5.49. The molecule has 0 aliphatic heterocycles. The summed E-state index contributed by atoms with van der Waals surface area (Å²) in [5, 5.41) is 16.7. The molecule has 2 rings (SSSR count). The molecule has 0 aliphatic carbocycles. The Labute approximate surface area is 155 Å². The summed E-state index contributed by atoms with van der Waals surface area (Å²) in [6, 6.07) is 12.0. The summed E-state index contributed by atoms with van der Waals surface area (Å²) in [6.07, 6.45) is 2.11. The normalized spacial score (nSPS) is 12.0. The van der Waals surface area contributed by atoms with Crippen LogP contribution in [0.2, 0.25) is 0 Å². The van der Waals surface area contributed by atoms with Crippen LogP contribution in [0.4, 0.5) is 5.69 Å². The van der Waals surface area contributed by atoms with Gasteiger partial charge in [0.1, 0.15) is 6.04 Å². The largest absolute Gasteiger partial charge is 0.504 e. The quantitative estimate of drug-likeness (QED) is 0.486. The minimum Gasteiger partial charge on any atom is -0.504 e. The summed E-state index contributed by atoms with van der Waals surface area (Å²) in [6.45, 7) is 1.92. The van der Waals surface area contributed by atoms with E-state index in [1.54, 1.807) is 12.1 Å². The molecule has 0 saturated heterocycles. The van der Waals surface area contributed by atoms with Crippen LogP contribution in [-0.2, 0) is 4.79 Å². The fourth-order valence-corrected chi connectivity index (χ4v) is 2.39. The summed E-state index contributed by atoms with van der Waals surface area (Å²) in [5.74, 6) is 0.166. The molecular formula is C18H20BrN3O3. The Hall–Kier alpha value is -2.54. The molecule has 0 heterocycles. The lowest BCUT2D eigenvalue weighted by atomic mass is 10.2. The van der Waals surface area contributed by atoms with Gasteiger partial charge in [-0.1, -0.05) is 22.9 Å². The highest BCUT2D eigenvalue weighted by Gasteiger charge is 2.15. The molecule has 0 spiro atoms. The number of nitrogens with zero attached hydrogens (tertiary/aromatic N) is 1. The van der Waals surface area contributed by atoms with Gasteiger partial charge >= 0.3 is 0 Å². The van der Waals surface area contributed by atoms with Crippen molar-refractivity contribution < 1.29 is 14.6 Å². The molecule has 3 N–H and O–H groups in total. The number of phenolic OH excluding ortho intramolecular Hbond substituents is 1. The van der Waals surface area contributed by atoms with Crippen molar-refractivity contribution in [3.8, 4) is 11.5 Å². The van der Waals surface area contributed by atoms with E-state index in [2.05, 4.69) is 31.8 Å². The van der Waals surface area contributed by atoms with Gasteiger partial charge in [-0.2, -0.15) is 5.10 Å². The molecule has 1 atom stereocenters. The van der Waals surface area contributed by atoms with Crippen LogP contribution in [0.5, 0.6) is 11.5 Å². The molecule has 0 bridgehead atoms. The fourth-order valence-electron chi connectivity index (χ4n) is 2.12. The summed E-state index contributed by atoms with van der Waals surface area (Å²) < 4.78 is 6.01. The lowest BCUT2D eigenvalue weighted by molar-refractivity contribution is -0.121. The van der Waals surface area contributed by atoms with Crippen LogP contribution in [-0.4, -0.2) is 30.4 Å². The van der Waals surface area contributed by atoms with Crippen molar-refractivity contribution in [2.24, 2.45) is 5.10 Å². The molecule has 7 heteroatoms. The molecule has 2 aromatic rings. The van der Waals surface area contributed by atoms with Gasteiger partial charge in [-0.3, -0.25) is 4.79 Å². The summed E-state index contributed by atoms with van der Waals surface area (Å²) >= 11 is 3.38. The molecule has 0 fully saturated rings. The number of amides is 1. The fraction of sp³-hybridized carbons (Fsp3) is 0.222. The van der Waals surface area contributed by atoms with Gasteiger partial charge in [0.05, 0.1) is 13.3 Å². The second-order valence-electron chi connectivity index (χ2n) is 5.28. The van der Waals surface area contributed by atoms with Crippen LogP contribution in [0.15, 0.2) is 52.0 Å². The SMILES string of the molecule is CC[C@H](Nc1ccc(Br)cc1)C(=O)N/N=C/c1ccc(O)c(OC)c1. The topological polar surface area (TPSA) is 83.0 Å². The van der Waals surface area contributed by atoms with E-state index >= 15 is 0 Å². The Morgan fingerprint density at radius 2 is 2.04 bits per heavy atom. The van der Waals surface area contributed by atoms with Crippen molar-refractivity contribution in [2.45, 2.75) is 19.4 Å². The second-order valence-corrected chi connectivity index (χ2v) is 6.19. The van der Waals surface area contributed by atoms with Gasteiger partial charge in [0.25, 0.3) is 5.91 Å². The zero-order valence-electron chi connectivity index (χ0n) is 14.0. The number of phenols is 1. The average Bonchev–Trinajstić information content (AvgIpc) is 2.62. The van der Waals surface area contributed by atoms with Crippen molar-refractivity contribution in [3.63, 3.8) is 0 Å². The van der Waals surface area contributed by atoms with Crippen LogP contribution in [0.3, 0.4) is 0 Å². The molecule has 6 nitrogen and oxygen atoms in total. The number of benzene rings is 2. The molecule has 1 amide bonds. The highest BCUT2D eigenvalue weighted by atomic mass is 79.9. The predicted molar refractivity (Wildman–Crippen MR) is 102 cm³/mol. The van der Waals surface area contributed by atoms with Crippen molar-refractivity contribution >= 4 is 33.7 Å². The second kappa shape index (κ2) is 9.08. The predicted octanol–water partition coefficient (Wildman–Crippen LogP) is 3.50. The number of halogens is 1. The van der Waals surface area contributed by atoms with E-state index in [0.29, 0.717) is 17.7 Å². The lowest BCUT2D eigenvalue weighted by Crippen LogP contribution is -2.36. The van der Waals surface area contributed by atoms with E-state index < -0.39 is 6.04 Å². The number of rotatable bonds is 7. The Bertz CT molecular complexity index is 748. The first-order chi connectivity index (χ1) is 12.0. The third-order valence-electron chi connectivity index (χ3n) is 3.50. The molecule has 0 radical (unpaired) electrons. The van der Waals surface area contributed by atoms with Crippen molar-refractivity contribution in [1.82, 2.24) is 5.43 Å². The number of aromatic hydroxyl groups is 1.